The van der Waals surface area contributed by atoms with Gasteiger partial charge in [-0.2, -0.15) is 86.9 Å². The summed E-state index contributed by atoms with van der Waals surface area (Å²) in [6.07, 6.45) is -16.1. The number of rotatable bonds is 2. The van der Waals surface area contributed by atoms with Gasteiger partial charge in [-0.1, -0.05) is 6.07 Å². The van der Waals surface area contributed by atoms with Crippen LogP contribution in [-0.2, 0) is 18.5 Å². The summed E-state index contributed by atoms with van der Waals surface area (Å²) in [4.78, 5) is 0. The molecule has 0 saturated heterocycles. The van der Waals surface area contributed by atoms with Crippen molar-refractivity contribution in [1.29, 1.82) is 47.4 Å². The fraction of sp³-hybridized carbons (Fsp3) is 0.0789. The molecule has 266 valence electrons. The second kappa shape index (κ2) is 13.4. The van der Waals surface area contributed by atoms with Gasteiger partial charge in [-0.05, 0) is 41.5 Å². The first kappa shape index (κ1) is 38.6. The van der Waals surface area contributed by atoms with Crippen LogP contribution in [0.25, 0.3) is 33.4 Å². The predicted octanol–water partition coefficient (Wildman–Crippen LogP) is 8.86. The van der Waals surface area contributed by atoms with Gasteiger partial charge in [0.25, 0.3) is 0 Å². The zero-order valence-electron chi connectivity index (χ0n) is 26.9. The van der Waals surface area contributed by atoms with E-state index in [-0.39, 0.29) is 18.2 Å². The van der Waals surface area contributed by atoms with E-state index >= 15 is 0 Å². The van der Waals surface area contributed by atoms with Crippen LogP contribution < -0.4 is 0 Å². The summed E-state index contributed by atoms with van der Waals surface area (Å²) in [6.45, 7) is 0. The summed E-state index contributed by atoms with van der Waals surface area (Å²) in [5.74, 6) is 0. The highest BCUT2D eigenvalue weighted by atomic mass is 19.4. The number of nitrogens with zero attached hydrogens (tertiary/aromatic N) is 9. The third-order valence-electron chi connectivity index (χ3n) is 8.50. The fourth-order valence-corrected chi connectivity index (χ4v) is 6.43. The summed E-state index contributed by atoms with van der Waals surface area (Å²) in [7, 11) is 0. The second-order valence-electron chi connectivity index (χ2n) is 11.3. The first-order valence-corrected chi connectivity index (χ1v) is 14.7. The molecule has 0 N–H and O–H groups in total. The van der Waals surface area contributed by atoms with E-state index in [0.29, 0.717) is 12.1 Å². The van der Waals surface area contributed by atoms with Crippen molar-refractivity contribution in [3.05, 3.63) is 114 Å². The largest absolute Gasteiger partial charge is 0.417 e. The molecular formula is C38H6F9N9. The molecule has 18 heteroatoms. The quantitative estimate of drug-likeness (QED) is 0.180. The Morgan fingerprint density at radius 3 is 1.18 bits per heavy atom. The molecule has 3 aromatic carbocycles. The topological polar surface area (TPSA) is 214 Å². The van der Waals surface area contributed by atoms with Crippen LogP contribution in [0.4, 0.5) is 39.5 Å². The standard InChI is InChI=1S/C38H6F9N9/c39-36(40,41)21-3-18(4-22(6-21)37(42,43)44)29-24(13-54)33-25(14-55)32-23(12-53)28(16-1-2-17(7-48)27(5-16)38(45,46)47)30(19(8-49)9-50)34(32)26(15-56)35(33)31(29)20(10-51)11-52/h1-6H. The predicted molar refractivity (Wildman–Crippen MR) is 170 cm³/mol. The zero-order chi connectivity index (χ0) is 41.7. The lowest BCUT2D eigenvalue weighted by atomic mass is 9.82. The Kier molecular flexibility index (Phi) is 9.26. The van der Waals surface area contributed by atoms with E-state index in [9.17, 15) is 86.9 Å². The van der Waals surface area contributed by atoms with Crippen LogP contribution in [0.5, 0.6) is 0 Å². The smallest absolute Gasteiger partial charge is 0.192 e. The fourth-order valence-electron chi connectivity index (χ4n) is 6.43. The van der Waals surface area contributed by atoms with Gasteiger partial charge in [-0.3, -0.25) is 0 Å². The van der Waals surface area contributed by atoms with Gasteiger partial charge in [-0.25, -0.2) is 0 Å². The minimum absolute atomic E-state index is 0.155. The molecule has 56 heavy (non-hydrogen) atoms. The summed E-state index contributed by atoms with van der Waals surface area (Å²) < 4.78 is 126. The lowest BCUT2D eigenvalue weighted by Gasteiger charge is -2.17. The lowest BCUT2D eigenvalue weighted by molar-refractivity contribution is -0.143. The van der Waals surface area contributed by atoms with E-state index in [4.69, 9.17) is 0 Å². The van der Waals surface area contributed by atoms with E-state index in [2.05, 4.69) is 0 Å². The number of benzene rings is 3. The molecule has 0 aliphatic heterocycles. The van der Waals surface area contributed by atoms with Crippen molar-refractivity contribution in [1.82, 2.24) is 0 Å². The monoisotopic (exact) mass is 759 g/mol. The maximum Gasteiger partial charge on any atom is 0.417 e. The molecule has 2 aliphatic rings. The number of halogens is 9. The van der Waals surface area contributed by atoms with E-state index in [1.54, 1.807) is 18.2 Å². The summed E-state index contributed by atoms with van der Waals surface area (Å²) >= 11 is 0. The van der Waals surface area contributed by atoms with Crippen LogP contribution in [0.15, 0.2) is 47.5 Å². The molecule has 0 amide bonds. The molecule has 0 unspecified atom stereocenters. The van der Waals surface area contributed by atoms with Crippen LogP contribution in [0.2, 0.25) is 0 Å². The maximum absolute atomic E-state index is 14.1. The van der Waals surface area contributed by atoms with Crippen molar-refractivity contribution in [2.75, 3.05) is 0 Å². The van der Waals surface area contributed by atoms with E-state index in [1.165, 1.54) is 36.4 Å². The first-order valence-electron chi connectivity index (χ1n) is 14.7. The van der Waals surface area contributed by atoms with Gasteiger partial charge in [0.2, 0.25) is 0 Å². The molecule has 0 radical (unpaired) electrons. The second-order valence-corrected chi connectivity index (χ2v) is 11.3. The van der Waals surface area contributed by atoms with Crippen LogP contribution in [0.3, 0.4) is 0 Å². The molecule has 5 rings (SSSR count). The minimum Gasteiger partial charge on any atom is -0.192 e. The van der Waals surface area contributed by atoms with Gasteiger partial charge in [0.05, 0.1) is 50.6 Å². The maximum atomic E-state index is 14.1. The molecule has 0 spiro atoms. The molecule has 2 aliphatic carbocycles. The Balaban J connectivity index is 2.12. The molecule has 0 bridgehead atoms. The molecule has 3 aromatic rings. The molecule has 0 atom stereocenters. The third kappa shape index (κ3) is 5.78. The van der Waals surface area contributed by atoms with Gasteiger partial charge in [0.1, 0.15) is 59.7 Å². The van der Waals surface area contributed by atoms with Crippen molar-refractivity contribution in [2.45, 2.75) is 18.5 Å². The number of allylic oxidation sites excluding steroid dienone is 8. The lowest BCUT2D eigenvalue weighted by Crippen LogP contribution is -2.12. The van der Waals surface area contributed by atoms with Crippen LogP contribution in [-0.4, -0.2) is 0 Å². The first-order chi connectivity index (χ1) is 26.3. The highest BCUT2D eigenvalue weighted by Gasteiger charge is 2.45. The van der Waals surface area contributed by atoms with Crippen molar-refractivity contribution < 1.29 is 39.5 Å². The summed E-state index contributed by atoms with van der Waals surface area (Å²) in [5.41, 5.74) is -19.8. The third-order valence-corrected chi connectivity index (χ3v) is 8.50. The summed E-state index contributed by atoms with van der Waals surface area (Å²) in [6, 6.07) is 15.5. The van der Waals surface area contributed by atoms with Crippen molar-refractivity contribution in [2.24, 2.45) is 0 Å². The molecular weight excluding hydrogens is 753 g/mol. The highest BCUT2D eigenvalue weighted by molar-refractivity contribution is 6.32. The van der Waals surface area contributed by atoms with Crippen molar-refractivity contribution in [3.63, 3.8) is 0 Å². The Bertz CT molecular complexity index is 2840. The average molecular weight is 760 g/mol. The van der Waals surface area contributed by atoms with Crippen LogP contribution in [0, 0.1) is 102 Å². The SMILES string of the molecule is N#CC(C#N)=C1C(c2cc(C(F)(F)F)cc(C(F)(F)F)c2)=C(C#N)c2c(C#N)c3c(c(C#N)c21)C(=C(C#N)C#N)C(c1ccc(C#N)c(C(F)(F)F)c1)=C3C#N. The highest BCUT2D eigenvalue weighted by Crippen LogP contribution is 2.58. The van der Waals surface area contributed by atoms with Gasteiger partial charge in [0, 0.05) is 44.5 Å². The van der Waals surface area contributed by atoms with Gasteiger partial charge in [-0.15, -0.1) is 0 Å². The molecule has 0 heterocycles. The number of hydrogen-bond acceptors (Lipinski definition) is 9. The van der Waals surface area contributed by atoms with E-state index in [0.717, 1.165) is 6.07 Å². The van der Waals surface area contributed by atoms with Crippen molar-refractivity contribution in [3.8, 4) is 54.6 Å². The number of alkyl halides is 9. The Labute approximate surface area is 307 Å². The zero-order valence-corrected chi connectivity index (χ0v) is 26.9. The Morgan fingerprint density at radius 1 is 0.429 bits per heavy atom. The van der Waals surface area contributed by atoms with E-state index in [1.807, 2.05) is 0 Å². The summed E-state index contributed by atoms with van der Waals surface area (Å²) in [5, 5.41) is 91.6. The number of hydrogen-bond donors (Lipinski definition) is 0. The number of fused-ring (bicyclic) bond motifs is 2. The van der Waals surface area contributed by atoms with Crippen LogP contribution in [0.1, 0.15) is 66.8 Å². The average Bonchev–Trinajstić information content (AvgIpc) is 3.67. The molecule has 0 fully saturated rings. The molecule has 0 saturated carbocycles. The normalized spacial score (nSPS) is 13.1. The van der Waals surface area contributed by atoms with Gasteiger partial charge < -0.3 is 0 Å². The Morgan fingerprint density at radius 2 is 0.839 bits per heavy atom. The molecule has 0 aromatic heterocycles. The van der Waals surface area contributed by atoms with Gasteiger partial charge in [0.15, 0.2) is 0 Å². The van der Waals surface area contributed by atoms with Gasteiger partial charge >= 0.3 is 18.5 Å². The molecule has 9 nitrogen and oxygen atoms in total. The van der Waals surface area contributed by atoms with Crippen LogP contribution >= 0.6 is 0 Å². The Hall–Kier alpha value is -8.60. The van der Waals surface area contributed by atoms with E-state index < -0.39 is 130 Å². The number of nitriles is 9. The van der Waals surface area contributed by atoms with Crippen molar-refractivity contribution >= 4 is 33.4 Å². The minimum atomic E-state index is -5.45.